The fourth-order valence-electron chi connectivity index (χ4n) is 0. The van der Waals surface area contributed by atoms with Gasteiger partial charge in [-0.1, -0.05) is 0 Å². The molecule has 12 heavy (non-hydrogen) atoms. The average Bonchev–Trinajstić information content (AvgIpc) is 0. The van der Waals surface area contributed by atoms with E-state index in [0.717, 1.165) is 0 Å². The Morgan fingerprint density at radius 2 is 0.250 bits per heavy atom. The molecule has 0 aliphatic carbocycles. The van der Waals surface area contributed by atoms with Crippen molar-refractivity contribution >= 4 is 0 Å². The quantitative estimate of drug-likeness (QED) is 0.334. The largest absolute Gasteiger partial charge is 4.00 e. The van der Waals surface area contributed by atoms with Crippen molar-refractivity contribution in [2.75, 3.05) is 0 Å². The Hall–Kier alpha value is 1.34. The Labute approximate surface area is 106 Å². The summed E-state index contributed by atoms with van der Waals surface area (Å²) in [5, 5.41) is 0. The van der Waals surface area contributed by atoms with Crippen molar-refractivity contribution in [2.24, 2.45) is 0 Å². The predicted octanol–water partition coefficient (Wildman–Crippen LogP) is -1.77. The van der Waals surface area contributed by atoms with Gasteiger partial charge in [0.05, 0.1) is 0 Å². The molecular weight excluding hydrogens is 494 g/mol. The van der Waals surface area contributed by atoms with Crippen molar-refractivity contribution in [1.29, 1.82) is 0 Å². The van der Waals surface area contributed by atoms with Crippen LogP contribution in [0.3, 0.4) is 0 Å². The van der Waals surface area contributed by atoms with Crippen molar-refractivity contribution in [3.05, 3.63) is 0 Å². The van der Waals surface area contributed by atoms with Crippen LogP contribution in [0.2, 0.25) is 0 Å². The Kier molecular flexibility index (Phi) is 83300. The Balaban J connectivity index is 0. The molecule has 0 heterocycles. The Morgan fingerprint density at radius 3 is 0.250 bits per heavy atom. The molecule has 10 nitrogen and oxygen atoms in total. The summed E-state index contributed by atoms with van der Waals surface area (Å²) in [5.74, 6) is 0. The maximum atomic E-state index is 0. The maximum Gasteiger partial charge on any atom is 4.00 e. The minimum atomic E-state index is 0. The van der Waals surface area contributed by atoms with Crippen LogP contribution in [0.5, 0.6) is 0 Å². The van der Waals surface area contributed by atoms with E-state index in [9.17, 15) is 0 Å². The molecule has 0 bridgehead atoms. The molecule has 0 spiro atoms. The van der Waals surface area contributed by atoms with Crippen LogP contribution in [0.15, 0.2) is 0 Å². The molecule has 0 aromatic carbocycles. The Morgan fingerprint density at radius 1 is 0.250 bits per heavy atom. The third-order valence-corrected chi connectivity index (χ3v) is 0. The summed E-state index contributed by atoms with van der Waals surface area (Å²) >= 11 is 0. The van der Waals surface area contributed by atoms with Gasteiger partial charge in [-0.25, -0.2) is 0 Å². The smallest absolute Gasteiger partial charge is 0.870 e. The van der Waals surface area contributed by atoms with E-state index in [2.05, 4.69) is 0 Å². The van der Waals surface area contributed by atoms with Gasteiger partial charge < -0.3 is 54.8 Å². The van der Waals surface area contributed by atoms with Gasteiger partial charge in [-0.2, -0.15) is 0 Å². The number of rotatable bonds is 0. The summed E-state index contributed by atoms with van der Waals surface area (Å²) in [5.41, 5.74) is 0. The molecular formula is H10MoO10U-6. The van der Waals surface area contributed by atoms with Gasteiger partial charge in [-0.05, 0) is 0 Å². The molecule has 0 aromatic heterocycles. The average molecular weight is 504 g/mol. The first kappa shape index (κ1) is 1130. The van der Waals surface area contributed by atoms with Crippen LogP contribution in [-0.4, -0.2) is 54.8 Å². The van der Waals surface area contributed by atoms with Crippen molar-refractivity contribution in [3.63, 3.8) is 0 Å². The molecule has 0 aliphatic heterocycles. The molecule has 0 saturated heterocycles. The first-order valence-electron chi connectivity index (χ1n) is 0. The first-order chi connectivity index (χ1) is 0. The summed E-state index contributed by atoms with van der Waals surface area (Å²) in [6.45, 7) is 0. The monoisotopic (exact) mass is 506 g/mol. The van der Waals surface area contributed by atoms with Gasteiger partial charge >= 0.3 is 21.1 Å². The van der Waals surface area contributed by atoms with Gasteiger partial charge in [0.2, 0.25) is 0 Å². The van der Waals surface area contributed by atoms with Gasteiger partial charge in [-0.3, -0.25) is 0 Å². The van der Waals surface area contributed by atoms with Gasteiger partial charge in [0.15, 0.2) is 0 Å². The van der Waals surface area contributed by atoms with Gasteiger partial charge in [0, 0.05) is 31.1 Å². The van der Waals surface area contributed by atoms with Crippen LogP contribution in [0.1, 0.15) is 0 Å². The zero-order valence-electron chi connectivity index (χ0n) is 5.38. The molecule has 0 unspecified atom stereocenters. The third-order valence-electron chi connectivity index (χ3n) is 0. The van der Waals surface area contributed by atoms with Crippen LogP contribution < -0.4 is 0 Å². The van der Waals surface area contributed by atoms with E-state index in [4.69, 9.17) is 0 Å². The third kappa shape index (κ3) is 675. The fraction of sp³-hybridized carbons (Fsp3) is 0. The normalized spacial score (nSPS) is 0. The zero-order valence-corrected chi connectivity index (χ0v) is 11.6. The van der Waals surface area contributed by atoms with Gasteiger partial charge in [0.25, 0.3) is 0 Å². The second-order valence-electron chi connectivity index (χ2n) is 0. The van der Waals surface area contributed by atoms with E-state index in [1.807, 2.05) is 0 Å². The van der Waals surface area contributed by atoms with Gasteiger partial charge in [0.1, 0.15) is 0 Å². The Bertz CT molecular complexity index is 9.80. The minimum Gasteiger partial charge on any atom is -0.870 e. The molecule has 10 N–H and O–H groups in total. The molecule has 12 heteroatoms. The van der Waals surface area contributed by atoms with Crippen molar-refractivity contribution in [3.8, 4) is 0 Å². The molecule has 0 rings (SSSR count). The molecule has 86 valence electrons. The summed E-state index contributed by atoms with van der Waals surface area (Å²) in [7, 11) is 0. The van der Waals surface area contributed by atoms with E-state index in [1.54, 1.807) is 0 Å². The van der Waals surface area contributed by atoms with E-state index in [-0.39, 0.29) is 107 Å². The SMILES string of the molecule is [Mo+4].[OH-].[OH-].[OH-].[OH-].[OH-].[OH-].[OH-].[OH-].[OH-].[OH-].[U]. The molecule has 0 aliphatic rings. The maximum absolute atomic E-state index is 0. The van der Waals surface area contributed by atoms with Crippen molar-refractivity contribution < 1.29 is 107 Å². The molecule has 0 atom stereocenters. The van der Waals surface area contributed by atoms with Crippen molar-refractivity contribution in [2.45, 2.75) is 0 Å². The van der Waals surface area contributed by atoms with E-state index in [0.29, 0.717) is 0 Å². The summed E-state index contributed by atoms with van der Waals surface area (Å²) in [4.78, 5) is 0. The topological polar surface area (TPSA) is 300 Å². The summed E-state index contributed by atoms with van der Waals surface area (Å²) < 4.78 is 0. The second kappa shape index (κ2) is 883. The molecule has 0 radical (unpaired) electrons. The fourth-order valence-corrected chi connectivity index (χ4v) is 0. The van der Waals surface area contributed by atoms with Crippen LogP contribution in [-0.2, 0) is 21.1 Å². The number of hydrogen-bond donors (Lipinski definition) is 0. The van der Waals surface area contributed by atoms with E-state index >= 15 is 0 Å². The second-order valence-corrected chi connectivity index (χ2v) is 0. The molecule has 0 saturated carbocycles. The van der Waals surface area contributed by atoms with Crippen LogP contribution in [0.25, 0.3) is 0 Å². The van der Waals surface area contributed by atoms with Crippen molar-refractivity contribution in [1.82, 2.24) is 0 Å². The van der Waals surface area contributed by atoms with E-state index in [1.165, 1.54) is 0 Å². The molecule has 0 fully saturated rings. The number of hydrogen-bond acceptors (Lipinski definition) is 10. The zero-order chi connectivity index (χ0) is 0. The first-order valence-corrected chi connectivity index (χ1v) is 0. The van der Waals surface area contributed by atoms with Crippen LogP contribution in [0.4, 0.5) is 0 Å². The summed E-state index contributed by atoms with van der Waals surface area (Å²) in [6.07, 6.45) is 0. The van der Waals surface area contributed by atoms with Crippen LogP contribution >= 0.6 is 0 Å². The molecule has 0 amide bonds. The van der Waals surface area contributed by atoms with Gasteiger partial charge in [-0.15, -0.1) is 0 Å². The molecule has 0 aromatic rings. The summed E-state index contributed by atoms with van der Waals surface area (Å²) in [6, 6.07) is 0. The minimum absolute atomic E-state index is 0. The van der Waals surface area contributed by atoms with Crippen LogP contribution in [0, 0.1) is 31.1 Å². The predicted molar refractivity (Wildman–Crippen MR) is 19.4 cm³/mol. The van der Waals surface area contributed by atoms with E-state index < -0.39 is 0 Å². The standard InChI is InChI=1S/Mo.10H2O.U/h;10*1H2;/q+4;;;;;;;;;;;/p-10.